The molecule has 1 heterocycles. The molecule has 1 atom stereocenters. The van der Waals surface area contributed by atoms with Crippen molar-refractivity contribution in [2.24, 2.45) is 11.3 Å². The average Bonchev–Trinajstić information content (AvgIpc) is 2.82. The largest absolute Gasteiger partial charge is 0.312 e. The Morgan fingerprint density at radius 3 is 2.37 bits per heavy atom. The molecule has 1 unspecified atom stereocenters. The van der Waals surface area contributed by atoms with E-state index < -0.39 is 0 Å². The molecular weight excluding hydrogens is 238 g/mol. The van der Waals surface area contributed by atoms with Crippen molar-refractivity contribution >= 4 is 17.4 Å². The molecule has 1 saturated carbocycles. The quantitative estimate of drug-likeness (QED) is 0.780. The lowest BCUT2D eigenvalue weighted by molar-refractivity contribution is -0.117. The predicted octanol–water partition coefficient (Wildman–Crippen LogP) is 3.04. The van der Waals surface area contributed by atoms with E-state index in [0.717, 1.165) is 30.6 Å². The van der Waals surface area contributed by atoms with Crippen molar-refractivity contribution in [1.29, 1.82) is 0 Å². The van der Waals surface area contributed by atoms with Crippen molar-refractivity contribution in [3.63, 3.8) is 0 Å². The number of carbonyl (C=O) groups excluding carboxylic acids is 2. The highest BCUT2D eigenvalue weighted by Crippen LogP contribution is 2.53. The summed E-state index contributed by atoms with van der Waals surface area (Å²) in [5.74, 6) is 0.596. The highest BCUT2D eigenvalue weighted by molar-refractivity contribution is 6.01. The van der Waals surface area contributed by atoms with Crippen LogP contribution in [0.1, 0.15) is 43.5 Å². The van der Waals surface area contributed by atoms with Crippen molar-refractivity contribution in [1.82, 2.24) is 0 Å². The Morgan fingerprint density at radius 2 is 1.89 bits per heavy atom. The molecule has 1 aliphatic heterocycles. The van der Waals surface area contributed by atoms with Gasteiger partial charge in [0.05, 0.1) is 0 Å². The maximum Gasteiger partial charge on any atom is 0.227 e. The van der Waals surface area contributed by atoms with Gasteiger partial charge in [-0.05, 0) is 42.5 Å². The van der Waals surface area contributed by atoms with Crippen LogP contribution in [0.15, 0.2) is 24.3 Å². The topological polar surface area (TPSA) is 37.4 Å². The predicted molar refractivity (Wildman–Crippen MR) is 74.2 cm³/mol. The normalized spacial score (nSPS) is 24.6. The summed E-state index contributed by atoms with van der Waals surface area (Å²) >= 11 is 0. The molecule has 0 bridgehead atoms. The second-order valence-corrected chi connectivity index (χ2v) is 6.31. The molecule has 0 aromatic heterocycles. The fourth-order valence-corrected chi connectivity index (χ4v) is 2.84. The molecule has 0 radical (unpaired) electrons. The van der Waals surface area contributed by atoms with Crippen molar-refractivity contribution in [3.05, 3.63) is 29.8 Å². The van der Waals surface area contributed by atoms with Crippen LogP contribution in [0.2, 0.25) is 0 Å². The van der Waals surface area contributed by atoms with Gasteiger partial charge in [-0.15, -0.1) is 0 Å². The van der Waals surface area contributed by atoms with Crippen LogP contribution in [0.5, 0.6) is 0 Å². The summed E-state index contributed by atoms with van der Waals surface area (Å²) in [7, 11) is 0. The van der Waals surface area contributed by atoms with E-state index in [2.05, 4.69) is 13.8 Å². The monoisotopic (exact) mass is 257 g/mol. The summed E-state index contributed by atoms with van der Waals surface area (Å²) in [5, 5.41) is 0. The second-order valence-electron chi connectivity index (χ2n) is 6.31. The van der Waals surface area contributed by atoms with Crippen LogP contribution < -0.4 is 4.90 Å². The van der Waals surface area contributed by atoms with E-state index in [0.29, 0.717) is 6.42 Å². The molecule has 0 N–H and O–H groups in total. The summed E-state index contributed by atoms with van der Waals surface area (Å²) in [4.78, 5) is 25.7. The molecule has 1 aromatic carbocycles. The number of anilines is 1. The molecule has 1 saturated heterocycles. The average molecular weight is 257 g/mol. The lowest BCUT2D eigenvalue weighted by Crippen LogP contribution is -2.23. The zero-order chi connectivity index (χ0) is 13.6. The third kappa shape index (κ3) is 2.18. The van der Waals surface area contributed by atoms with Crippen LogP contribution in [-0.2, 0) is 4.79 Å². The van der Waals surface area contributed by atoms with Crippen LogP contribution >= 0.6 is 0 Å². The summed E-state index contributed by atoms with van der Waals surface area (Å²) in [6.45, 7) is 5.06. The standard InChI is InChI=1S/C16H19NO2/c1-16(2)10-13(16)15(19)11-5-7-12(8-6-11)17-9-3-4-14(17)18/h5-8,13H,3-4,9-10H2,1-2H3. The van der Waals surface area contributed by atoms with Gasteiger partial charge in [0, 0.05) is 30.1 Å². The van der Waals surface area contributed by atoms with Gasteiger partial charge >= 0.3 is 0 Å². The Hall–Kier alpha value is -1.64. The van der Waals surface area contributed by atoms with Gasteiger partial charge in [-0.25, -0.2) is 0 Å². The van der Waals surface area contributed by atoms with E-state index >= 15 is 0 Å². The molecule has 3 rings (SSSR count). The molecule has 1 amide bonds. The number of nitrogens with zero attached hydrogens (tertiary/aromatic N) is 1. The van der Waals surface area contributed by atoms with Gasteiger partial charge in [-0.2, -0.15) is 0 Å². The maximum atomic E-state index is 12.2. The molecule has 100 valence electrons. The lowest BCUT2D eigenvalue weighted by atomic mass is 10.0. The molecular formula is C16H19NO2. The van der Waals surface area contributed by atoms with Gasteiger partial charge < -0.3 is 4.90 Å². The smallest absolute Gasteiger partial charge is 0.227 e. The number of Topliss-reactive ketones (excluding diaryl/α,β-unsaturated/α-hetero) is 1. The first kappa shape index (κ1) is 12.4. The third-order valence-corrected chi connectivity index (χ3v) is 4.37. The first-order chi connectivity index (χ1) is 8.99. The van der Waals surface area contributed by atoms with E-state index in [1.807, 2.05) is 24.3 Å². The zero-order valence-corrected chi connectivity index (χ0v) is 11.5. The highest BCUT2D eigenvalue weighted by Gasteiger charge is 2.50. The summed E-state index contributed by atoms with van der Waals surface area (Å²) in [6.07, 6.45) is 2.55. The fourth-order valence-electron chi connectivity index (χ4n) is 2.84. The van der Waals surface area contributed by atoms with E-state index in [1.165, 1.54) is 0 Å². The van der Waals surface area contributed by atoms with Gasteiger partial charge in [-0.1, -0.05) is 13.8 Å². The van der Waals surface area contributed by atoms with E-state index in [9.17, 15) is 9.59 Å². The third-order valence-electron chi connectivity index (χ3n) is 4.37. The number of benzene rings is 1. The highest BCUT2D eigenvalue weighted by atomic mass is 16.2. The van der Waals surface area contributed by atoms with Crippen LogP contribution in [0, 0.1) is 11.3 Å². The molecule has 2 aliphatic rings. The van der Waals surface area contributed by atoms with E-state index in [1.54, 1.807) is 4.90 Å². The molecule has 19 heavy (non-hydrogen) atoms. The van der Waals surface area contributed by atoms with Crippen LogP contribution in [0.4, 0.5) is 5.69 Å². The second kappa shape index (κ2) is 4.19. The minimum Gasteiger partial charge on any atom is -0.312 e. The number of hydrogen-bond donors (Lipinski definition) is 0. The number of hydrogen-bond acceptors (Lipinski definition) is 2. The number of rotatable bonds is 3. The van der Waals surface area contributed by atoms with Gasteiger partial charge in [-0.3, -0.25) is 9.59 Å². The van der Waals surface area contributed by atoms with Crippen LogP contribution in [-0.4, -0.2) is 18.2 Å². The first-order valence-corrected chi connectivity index (χ1v) is 6.94. The molecule has 1 aromatic rings. The van der Waals surface area contributed by atoms with Crippen molar-refractivity contribution in [2.45, 2.75) is 33.1 Å². The van der Waals surface area contributed by atoms with Gasteiger partial charge in [0.25, 0.3) is 0 Å². The number of carbonyl (C=O) groups is 2. The molecule has 1 aliphatic carbocycles. The summed E-state index contributed by atoms with van der Waals surface area (Å²) in [6, 6.07) is 7.51. The molecule has 3 nitrogen and oxygen atoms in total. The Labute approximate surface area is 113 Å². The van der Waals surface area contributed by atoms with Crippen molar-refractivity contribution in [3.8, 4) is 0 Å². The van der Waals surface area contributed by atoms with Crippen molar-refractivity contribution in [2.75, 3.05) is 11.4 Å². The Morgan fingerprint density at radius 1 is 1.26 bits per heavy atom. The number of ketones is 1. The van der Waals surface area contributed by atoms with Crippen LogP contribution in [0.25, 0.3) is 0 Å². The lowest BCUT2D eigenvalue weighted by Gasteiger charge is -2.15. The fraction of sp³-hybridized carbons (Fsp3) is 0.500. The minimum absolute atomic E-state index is 0.167. The Kier molecular flexibility index (Phi) is 2.73. The SMILES string of the molecule is CC1(C)CC1C(=O)c1ccc(N2CCCC2=O)cc1. The minimum atomic E-state index is 0.167. The Bertz CT molecular complexity index is 530. The van der Waals surface area contributed by atoms with E-state index in [4.69, 9.17) is 0 Å². The van der Waals surface area contributed by atoms with Gasteiger partial charge in [0.2, 0.25) is 5.91 Å². The summed E-state index contributed by atoms with van der Waals surface area (Å²) < 4.78 is 0. The number of amides is 1. The van der Waals surface area contributed by atoms with Gasteiger partial charge in [0.1, 0.15) is 0 Å². The summed E-state index contributed by atoms with van der Waals surface area (Å²) in [5.41, 5.74) is 1.85. The van der Waals surface area contributed by atoms with Gasteiger partial charge in [0.15, 0.2) is 5.78 Å². The maximum absolute atomic E-state index is 12.2. The first-order valence-electron chi connectivity index (χ1n) is 6.94. The zero-order valence-electron chi connectivity index (χ0n) is 11.5. The molecule has 3 heteroatoms. The molecule has 2 fully saturated rings. The Balaban J connectivity index is 1.76. The van der Waals surface area contributed by atoms with Crippen molar-refractivity contribution < 1.29 is 9.59 Å². The molecule has 0 spiro atoms. The van der Waals surface area contributed by atoms with E-state index in [-0.39, 0.29) is 23.0 Å². The van der Waals surface area contributed by atoms with Crippen LogP contribution in [0.3, 0.4) is 0 Å².